The lowest BCUT2D eigenvalue weighted by Gasteiger charge is -2.09. The Morgan fingerprint density at radius 3 is 3.20 bits per heavy atom. The summed E-state index contributed by atoms with van der Waals surface area (Å²) in [6.07, 6.45) is 2.69. The molecule has 1 saturated heterocycles. The predicted molar refractivity (Wildman–Crippen MR) is 56.8 cm³/mol. The second kappa shape index (κ2) is 4.49. The van der Waals surface area contributed by atoms with Gasteiger partial charge in [0, 0.05) is 6.54 Å². The number of nitrogens with one attached hydrogen (secondary N) is 2. The van der Waals surface area contributed by atoms with E-state index in [2.05, 4.69) is 10.6 Å². The Morgan fingerprint density at radius 2 is 2.60 bits per heavy atom. The van der Waals surface area contributed by atoms with Gasteiger partial charge in [0.2, 0.25) is 0 Å². The van der Waals surface area contributed by atoms with Gasteiger partial charge in [0.25, 0.3) is 5.91 Å². The number of carbonyl (C=O) groups is 1. The standard InChI is InChI=1S/C11H16N2O2/c1-8-10(3-5-15-8)11(14)13-7-9-2-4-12-6-9/h3,5,9,12H,2,4,6-7H2,1H3,(H,13,14). The highest BCUT2D eigenvalue weighted by atomic mass is 16.3. The summed E-state index contributed by atoms with van der Waals surface area (Å²) in [5, 5.41) is 6.20. The average Bonchev–Trinajstić information content (AvgIpc) is 2.84. The van der Waals surface area contributed by atoms with E-state index in [4.69, 9.17) is 4.42 Å². The lowest BCUT2D eigenvalue weighted by atomic mass is 10.1. The van der Waals surface area contributed by atoms with E-state index in [1.165, 1.54) is 0 Å². The molecule has 1 aliphatic heterocycles. The van der Waals surface area contributed by atoms with Gasteiger partial charge < -0.3 is 15.1 Å². The summed E-state index contributed by atoms with van der Waals surface area (Å²) in [5.74, 6) is 1.21. The van der Waals surface area contributed by atoms with Crippen molar-refractivity contribution >= 4 is 5.91 Å². The minimum atomic E-state index is -0.0341. The number of hydrogen-bond acceptors (Lipinski definition) is 3. The summed E-state index contributed by atoms with van der Waals surface area (Å²) in [5.41, 5.74) is 0.640. The molecule has 0 aromatic carbocycles. The van der Waals surface area contributed by atoms with Gasteiger partial charge >= 0.3 is 0 Å². The van der Waals surface area contributed by atoms with Crippen LogP contribution in [-0.4, -0.2) is 25.5 Å². The highest BCUT2D eigenvalue weighted by Crippen LogP contribution is 2.09. The van der Waals surface area contributed by atoms with Crippen molar-refractivity contribution in [2.75, 3.05) is 19.6 Å². The van der Waals surface area contributed by atoms with E-state index < -0.39 is 0 Å². The third-order valence-corrected chi connectivity index (χ3v) is 2.82. The number of amides is 1. The fraction of sp³-hybridized carbons (Fsp3) is 0.545. The van der Waals surface area contributed by atoms with Gasteiger partial charge in [0.1, 0.15) is 5.76 Å². The number of carbonyl (C=O) groups excluding carboxylic acids is 1. The Hall–Kier alpha value is -1.29. The third kappa shape index (κ3) is 2.39. The van der Waals surface area contributed by atoms with Crippen molar-refractivity contribution in [1.29, 1.82) is 0 Å². The van der Waals surface area contributed by atoms with Crippen LogP contribution in [0.3, 0.4) is 0 Å². The first-order chi connectivity index (χ1) is 7.27. The molecule has 1 aromatic rings. The minimum Gasteiger partial charge on any atom is -0.469 e. The van der Waals surface area contributed by atoms with Crippen LogP contribution < -0.4 is 10.6 Å². The number of furan rings is 1. The predicted octanol–water partition coefficient (Wildman–Crippen LogP) is 0.927. The second-order valence-corrected chi connectivity index (χ2v) is 3.96. The Morgan fingerprint density at radius 1 is 1.73 bits per heavy atom. The minimum absolute atomic E-state index is 0.0341. The maximum absolute atomic E-state index is 11.7. The Labute approximate surface area is 89.0 Å². The molecule has 1 aliphatic rings. The van der Waals surface area contributed by atoms with Crippen LogP contribution in [0.2, 0.25) is 0 Å². The molecule has 2 heterocycles. The van der Waals surface area contributed by atoms with Gasteiger partial charge in [-0.05, 0) is 38.4 Å². The van der Waals surface area contributed by atoms with Crippen LogP contribution in [0.1, 0.15) is 22.5 Å². The topological polar surface area (TPSA) is 54.3 Å². The molecule has 4 heteroatoms. The van der Waals surface area contributed by atoms with Crippen LogP contribution in [0.25, 0.3) is 0 Å². The van der Waals surface area contributed by atoms with Gasteiger partial charge in [-0.3, -0.25) is 4.79 Å². The third-order valence-electron chi connectivity index (χ3n) is 2.82. The fourth-order valence-electron chi connectivity index (χ4n) is 1.84. The van der Waals surface area contributed by atoms with E-state index in [1.807, 2.05) is 0 Å². The number of rotatable bonds is 3. The normalized spacial score (nSPS) is 20.5. The zero-order valence-corrected chi connectivity index (χ0v) is 8.88. The van der Waals surface area contributed by atoms with Crippen LogP contribution in [0.15, 0.2) is 16.7 Å². The average molecular weight is 208 g/mol. The van der Waals surface area contributed by atoms with Crippen molar-refractivity contribution in [2.45, 2.75) is 13.3 Å². The van der Waals surface area contributed by atoms with Crippen molar-refractivity contribution in [3.05, 3.63) is 23.7 Å². The molecular weight excluding hydrogens is 192 g/mol. The van der Waals surface area contributed by atoms with Crippen LogP contribution in [0, 0.1) is 12.8 Å². The molecule has 1 unspecified atom stereocenters. The molecule has 1 amide bonds. The molecule has 1 aromatic heterocycles. The van der Waals surface area contributed by atoms with Crippen LogP contribution in [0.5, 0.6) is 0 Å². The summed E-state index contributed by atoms with van der Waals surface area (Å²) >= 11 is 0. The van der Waals surface area contributed by atoms with E-state index in [0.29, 0.717) is 17.2 Å². The van der Waals surface area contributed by atoms with Crippen LogP contribution in [-0.2, 0) is 0 Å². The first-order valence-corrected chi connectivity index (χ1v) is 5.30. The van der Waals surface area contributed by atoms with E-state index in [0.717, 1.165) is 26.1 Å². The SMILES string of the molecule is Cc1occc1C(=O)NCC1CCNC1. The molecule has 0 radical (unpaired) electrons. The molecule has 0 spiro atoms. The molecule has 0 bridgehead atoms. The first kappa shape index (κ1) is 10.2. The van der Waals surface area contributed by atoms with E-state index in [1.54, 1.807) is 19.3 Å². The zero-order chi connectivity index (χ0) is 10.7. The molecule has 0 aliphatic carbocycles. The van der Waals surface area contributed by atoms with Crippen LogP contribution in [0.4, 0.5) is 0 Å². The quantitative estimate of drug-likeness (QED) is 0.777. The van der Waals surface area contributed by atoms with Gasteiger partial charge in [-0.25, -0.2) is 0 Å². The Balaban J connectivity index is 1.84. The van der Waals surface area contributed by atoms with Gasteiger partial charge in [-0.1, -0.05) is 0 Å². The van der Waals surface area contributed by atoms with Crippen LogP contribution >= 0.6 is 0 Å². The van der Waals surface area contributed by atoms with Gasteiger partial charge in [0.05, 0.1) is 11.8 Å². The number of hydrogen-bond donors (Lipinski definition) is 2. The first-order valence-electron chi connectivity index (χ1n) is 5.30. The molecule has 2 rings (SSSR count). The van der Waals surface area contributed by atoms with Crippen molar-refractivity contribution in [3.8, 4) is 0 Å². The summed E-state index contributed by atoms with van der Waals surface area (Å²) in [4.78, 5) is 11.7. The Kier molecular flexibility index (Phi) is 3.06. The smallest absolute Gasteiger partial charge is 0.254 e. The molecule has 1 fully saturated rings. The van der Waals surface area contributed by atoms with E-state index >= 15 is 0 Å². The maximum Gasteiger partial charge on any atom is 0.254 e. The molecule has 4 nitrogen and oxygen atoms in total. The summed E-state index contributed by atoms with van der Waals surface area (Å²) < 4.78 is 5.08. The number of aryl methyl sites for hydroxylation is 1. The lowest BCUT2D eigenvalue weighted by Crippen LogP contribution is -2.30. The summed E-state index contributed by atoms with van der Waals surface area (Å²) in [7, 11) is 0. The molecule has 2 N–H and O–H groups in total. The Bertz CT molecular complexity index is 340. The fourth-order valence-corrected chi connectivity index (χ4v) is 1.84. The molecule has 82 valence electrons. The van der Waals surface area contributed by atoms with Gasteiger partial charge in [-0.2, -0.15) is 0 Å². The highest BCUT2D eigenvalue weighted by molar-refractivity contribution is 5.95. The van der Waals surface area contributed by atoms with Crippen molar-refractivity contribution in [1.82, 2.24) is 10.6 Å². The van der Waals surface area contributed by atoms with Crippen molar-refractivity contribution in [2.24, 2.45) is 5.92 Å². The molecule has 0 saturated carbocycles. The monoisotopic (exact) mass is 208 g/mol. The van der Waals surface area contributed by atoms with E-state index in [-0.39, 0.29) is 5.91 Å². The molecular formula is C11H16N2O2. The van der Waals surface area contributed by atoms with Crippen molar-refractivity contribution < 1.29 is 9.21 Å². The molecule has 15 heavy (non-hydrogen) atoms. The van der Waals surface area contributed by atoms with Crippen molar-refractivity contribution in [3.63, 3.8) is 0 Å². The van der Waals surface area contributed by atoms with E-state index in [9.17, 15) is 4.79 Å². The van der Waals surface area contributed by atoms with Gasteiger partial charge in [-0.15, -0.1) is 0 Å². The molecule has 1 atom stereocenters. The lowest BCUT2D eigenvalue weighted by molar-refractivity contribution is 0.0946. The zero-order valence-electron chi connectivity index (χ0n) is 8.88. The second-order valence-electron chi connectivity index (χ2n) is 3.96. The summed E-state index contributed by atoms with van der Waals surface area (Å²) in [6.45, 7) is 4.61. The summed E-state index contributed by atoms with van der Waals surface area (Å²) in [6, 6.07) is 1.71. The highest BCUT2D eigenvalue weighted by Gasteiger charge is 2.17. The van der Waals surface area contributed by atoms with Gasteiger partial charge in [0.15, 0.2) is 0 Å². The largest absolute Gasteiger partial charge is 0.469 e. The maximum atomic E-state index is 11.7.